The monoisotopic (exact) mass is 276 g/mol. The van der Waals surface area contributed by atoms with Crippen LogP contribution >= 0.6 is 11.3 Å². The highest BCUT2D eigenvalue weighted by atomic mass is 32.1. The van der Waals surface area contributed by atoms with Crippen molar-refractivity contribution in [3.05, 3.63) is 10.4 Å². The van der Waals surface area contributed by atoms with Gasteiger partial charge in [-0.15, -0.1) is 11.3 Å². The Labute approximate surface area is 115 Å². The fourth-order valence-corrected chi connectivity index (χ4v) is 3.62. The third kappa shape index (κ3) is 2.04. The molecular formula is C13H16N4OS. The van der Waals surface area contributed by atoms with Crippen molar-refractivity contribution >= 4 is 27.9 Å². The van der Waals surface area contributed by atoms with Crippen LogP contribution in [0.4, 0.5) is 10.7 Å². The van der Waals surface area contributed by atoms with Gasteiger partial charge in [0.15, 0.2) is 0 Å². The van der Waals surface area contributed by atoms with Crippen LogP contribution in [-0.2, 0) is 0 Å². The lowest BCUT2D eigenvalue weighted by molar-refractivity contribution is 0.100. The van der Waals surface area contributed by atoms with Gasteiger partial charge >= 0.3 is 0 Å². The average Bonchev–Trinajstić information content (AvgIpc) is 3.24. The molecular weight excluding hydrogens is 260 g/mol. The van der Waals surface area contributed by atoms with Gasteiger partial charge in [0, 0.05) is 6.54 Å². The first kappa shape index (κ1) is 12.3. The zero-order chi connectivity index (χ0) is 13.6. The molecule has 0 aliphatic heterocycles. The van der Waals surface area contributed by atoms with E-state index in [9.17, 15) is 4.79 Å². The summed E-state index contributed by atoms with van der Waals surface area (Å²) in [5, 5.41) is 13.1. The molecule has 1 heterocycles. The number of nitrogens with one attached hydrogen (secondary N) is 1. The lowest BCUT2D eigenvalue weighted by Crippen LogP contribution is -2.17. The first-order chi connectivity index (χ1) is 9.07. The molecule has 2 saturated carbocycles. The molecule has 5 N–H and O–H groups in total. The van der Waals surface area contributed by atoms with Crippen molar-refractivity contribution in [3.8, 4) is 6.07 Å². The van der Waals surface area contributed by atoms with E-state index in [1.807, 2.05) is 0 Å². The van der Waals surface area contributed by atoms with Crippen LogP contribution in [0.15, 0.2) is 0 Å². The predicted octanol–water partition coefficient (Wildman–Crippen LogP) is 1.90. The Bertz CT molecular complexity index is 578. The summed E-state index contributed by atoms with van der Waals surface area (Å²) in [6.07, 6.45) is 5.17. The Morgan fingerprint density at radius 3 is 2.68 bits per heavy atom. The van der Waals surface area contributed by atoms with E-state index in [4.69, 9.17) is 16.7 Å². The lowest BCUT2D eigenvalue weighted by atomic mass is 10.0. The first-order valence-electron chi connectivity index (χ1n) is 6.43. The highest BCUT2D eigenvalue weighted by Gasteiger charge is 2.53. The van der Waals surface area contributed by atoms with Crippen LogP contribution in [0.5, 0.6) is 0 Å². The largest absolute Gasteiger partial charge is 0.396 e. The van der Waals surface area contributed by atoms with Crippen molar-refractivity contribution in [1.29, 1.82) is 5.26 Å². The summed E-state index contributed by atoms with van der Waals surface area (Å²) in [6.45, 7) is 0.866. The normalized spacial score (nSPS) is 19.7. The third-order valence-corrected chi connectivity index (χ3v) is 5.40. The zero-order valence-corrected chi connectivity index (χ0v) is 11.3. The van der Waals surface area contributed by atoms with Gasteiger partial charge in [-0.2, -0.15) is 5.26 Å². The van der Waals surface area contributed by atoms with E-state index < -0.39 is 5.91 Å². The van der Waals surface area contributed by atoms with Crippen molar-refractivity contribution in [2.45, 2.75) is 25.7 Å². The molecule has 2 aliphatic rings. The van der Waals surface area contributed by atoms with E-state index >= 15 is 0 Å². The fraction of sp³-hybridized carbons (Fsp3) is 0.538. The number of primary amides is 1. The van der Waals surface area contributed by atoms with Crippen LogP contribution in [-0.4, -0.2) is 12.5 Å². The van der Waals surface area contributed by atoms with Crippen LogP contribution in [0.1, 0.15) is 40.9 Å². The summed E-state index contributed by atoms with van der Waals surface area (Å²) in [7, 11) is 0. The molecule has 0 atom stereocenters. The van der Waals surface area contributed by atoms with E-state index in [0.29, 0.717) is 16.0 Å². The van der Waals surface area contributed by atoms with Crippen molar-refractivity contribution in [1.82, 2.24) is 0 Å². The minimum Gasteiger partial charge on any atom is -0.396 e. The summed E-state index contributed by atoms with van der Waals surface area (Å²) in [6, 6.07) is 2.06. The van der Waals surface area contributed by atoms with Gasteiger partial charge in [-0.1, -0.05) is 0 Å². The Balaban J connectivity index is 1.79. The second-order valence-corrected chi connectivity index (χ2v) is 6.54. The van der Waals surface area contributed by atoms with E-state index in [1.54, 1.807) is 0 Å². The molecule has 2 aliphatic carbocycles. The number of carbonyl (C=O) groups excluding carboxylic acids is 1. The van der Waals surface area contributed by atoms with Gasteiger partial charge in [-0.3, -0.25) is 4.79 Å². The molecule has 0 saturated heterocycles. The summed E-state index contributed by atoms with van der Waals surface area (Å²) < 4.78 is 0. The van der Waals surface area contributed by atoms with Crippen LogP contribution in [0, 0.1) is 22.7 Å². The van der Waals surface area contributed by atoms with Gasteiger partial charge in [0.2, 0.25) is 0 Å². The Morgan fingerprint density at radius 2 is 2.21 bits per heavy atom. The van der Waals surface area contributed by atoms with Crippen molar-refractivity contribution in [2.24, 2.45) is 17.1 Å². The topological polar surface area (TPSA) is 105 Å². The molecule has 0 spiro atoms. The number of nitrogens with zero attached hydrogens (tertiary/aromatic N) is 1. The quantitative estimate of drug-likeness (QED) is 0.763. The van der Waals surface area contributed by atoms with Gasteiger partial charge in [-0.25, -0.2) is 0 Å². The Morgan fingerprint density at radius 1 is 1.53 bits per heavy atom. The molecule has 0 radical (unpaired) electrons. The molecule has 1 amide bonds. The van der Waals surface area contributed by atoms with Crippen molar-refractivity contribution in [3.63, 3.8) is 0 Å². The summed E-state index contributed by atoms with van der Waals surface area (Å²) in [4.78, 5) is 11.5. The van der Waals surface area contributed by atoms with Crippen molar-refractivity contribution in [2.75, 3.05) is 17.6 Å². The van der Waals surface area contributed by atoms with Crippen molar-refractivity contribution < 1.29 is 4.79 Å². The maximum atomic E-state index is 11.3. The number of carbonyl (C=O) groups is 1. The Hall–Kier alpha value is -1.74. The van der Waals surface area contributed by atoms with Crippen LogP contribution in [0.3, 0.4) is 0 Å². The number of nitrogen functional groups attached to an aromatic ring is 1. The highest BCUT2D eigenvalue weighted by Crippen LogP contribution is 2.61. The first-order valence-corrected chi connectivity index (χ1v) is 7.25. The molecule has 6 heteroatoms. The van der Waals surface area contributed by atoms with Gasteiger partial charge in [-0.05, 0) is 37.0 Å². The highest BCUT2D eigenvalue weighted by molar-refractivity contribution is 7.18. The maximum absolute atomic E-state index is 11.3. The molecule has 1 aromatic heterocycles. The van der Waals surface area contributed by atoms with Crippen LogP contribution < -0.4 is 16.8 Å². The summed E-state index contributed by atoms with van der Waals surface area (Å²) in [5.41, 5.74) is 12.0. The molecule has 1 aromatic rings. The number of hydrogen-bond donors (Lipinski definition) is 3. The second-order valence-electron chi connectivity index (χ2n) is 5.52. The third-order valence-electron chi connectivity index (χ3n) is 4.22. The summed E-state index contributed by atoms with van der Waals surface area (Å²) in [5.74, 6) is 0.272. The fourth-order valence-electron chi connectivity index (χ4n) is 2.70. The van der Waals surface area contributed by atoms with Gasteiger partial charge in [0.05, 0.1) is 5.69 Å². The van der Waals surface area contributed by atoms with Gasteiger partial charge in [0.1, 0.15) is 21.5 Å². The minimum absolute atomic E-state index is 0.207. The van der Waals surface area contributed by atoms with Crippen LogP contribution in [0.25, 0.3) is 0 Å². The number of hydrogen-bond acceptors (Lipinski definition) is 5. The Kier molecular flexibility index (Phi) is 2.68. The average molecular weight is 276 g/mol. The number of nitrogens with two attached hydrogens (primary N) is 2. The lowest BCUT2D eigenvalue weighted by Gasteiger charge is -2.14. The molecule has 100 valence electrons. The summed E-state index contributed by atoms with van der Waals surface area (Å²) >= 11 is 1.19. The van der Waals surface area contributed by atoms with E-state index in [2.05, 4.69) is 11.4 Å². The number of thiophene rings is 1. The maximum Gasteiger partial charge on any atom is 0.261 e. The molecule has 0 unspecified atom stereocenters. The molecule has 19 heavy (non-hydrogen) atoms. The predicted molar refractivity (Wildman–Crippen MR) is 74.8 cm³/mol. The zero-order valence-electron chi connectivity index (χ0n) is 10.5. The molecule has 5 nitrogen and oxygen atoms in total. The molecule has 2 fully saturated rings. The minimum atomic E-state index is -0.574. The SMILES string of the molecule is N#Cc1c(NCC2(C3CC3)CC2)sc(C(N)=O)c1N. The second kappa shape index (κ2) is 4.14. The number of nitriles is 1. The van der Waals surface area contributed by atoms with Gasteiger partial charge < -0.3 is 16.8 Å². The number of amides is 1. The molecule has 0 aromatic carbocycles. The van der Waals surface area contributed by atoms with Crippen LogP contribution in [0.2, 0.25) is 0 Å². The van der Waals surface area contributed by atoms with E-state index in [-0.39, 0.29) is 10.6 Å². The molecule has 3 rings (SSSR count). The van der Waals surface area contributed by atoms with E-state index in [1.165, 1.54) is 37.0 Å². The standard InChI is InChI=1S/C13H16N4OS/c14-5-8-9(15)10(11(16)18)19-12(8)17-6-13(3-4-13)7-1-2-7/h7,17H,1-4,6,15H2,(H2,16,18). The molecule has 0 bridgehead atoms. The van der Waals surface area contributed by atoms with Gasteiger partial charge in [0.25, 0.3) is 5.91 Å². The smallest absolute Gasteiger partial charge is 0.261 e. The van der Waals surface area contributed by atoms with E-state index in [0.717, 1.165) is 12.5 Å². The number of anilines is 2. The number of rotatable bonds is 5.